The van der Waals surface area contributed by atoms with Crippen LogP contribution in [0.5, 0.6) is 11.5 Å². The number of carbonyl (C=O) groups is 5. The van der Waals surface area contributed by atoms with Crippen LogP contribution in [0.3, 0.4) is 0 Å². The van der Waals surface area contributed by atoms with Crippen molar-refractivity contribution in [2.24, 2.45) is 5.16 Å². The van der Waals surface area contributed by atoms with Gasteiger partial charge in [-0.2, -0.15) is 14.6 Å². The van der Waals surface area contributed by atoms with Crippen molar-refractivity contribution >= 4 is 81.2 Å². The summed E-state index contributed by atoms with van der Waals surface area (Å²) in [7, 11) is 0. The van der Waals surface area contributed by atoms with Crippen LogP contribution in [0.4, 0.5) is 5.13 Å². The molecule has 264 valence electrons. The van der Waals surface area contributed by atoms with E-state index in [0.29, 0.717) is 10.6 Å². The van der Waals surface area contributed by atoms with Crippen molar-refractivity contribution in [3.8, 4) is 11.5 Å². The van der Waals surface area contributed by atoms with Crippen LogP contribution in [0.25, 0.3) is 5.78 Å². The number of thioether (sulfide) groups is 2. The number of thiazole rings is 1. The molecule has 0 spiro atoms. The van der Waals surface area contributed by atoms with Crippen molar-refractivity contribution < 1.29 is 54.3 Å². The summed E-state index contributed by atoms with van der Waals surface area (Å²) < 4.78 is 1.38. The minimum Gasteiger partial charge on any atom is -0.504 e. The molecular weight excluding hydrogens is 735 g/mol. The standard InChI is InChI=1S/C28H23N9O11S3/c29-27-33-14(8-51-27)18(35-48-5-13-12(25(44)45)1-2-15(38)21(13)41)22(42)34-19-23(43)36-20(26(46)47)10(7-50-24(19)36)6-49-16-3-11(4-17(39)40)32-28-30-9-31-37(16)28/h1-3,8-9,19,24,38,41H,4-7H2,(H2,29,33)(H,34,42)(H,39,40)(H,44,45)(H,46,47)/b35-18-/t19-,24-/m1/s1. The van der Waals surface area contributed by atoms with Crippen molar-refractivity contribution in [3.63, 3.8) is 0 Å². The summed E-state index contributed by atoms with van der Waals surface area (Å²) in [5.74, 6) is -6.54. The lowest BCUT2D eigenvalue weighted by Crippen LogP contribution is -2.71. The number of aromatic carboxylic acids is 1. The lowest BCUT2D eigenvalue weighted by molar-refractivity contribution is -0.150. The first-order valence-electron chi connectivity index (χ1n) is 14.3. The fourth-order valence-electron chi connectivity index (χ4n) is 5.08. The van der Waals surface area contributed by atoms with E-state index in [0.717, 1.165) is 40.1 Å². The van der Waals surface area contributed by atoms with E-state index in [-0.39, 0.29) is 51.5 Å². The maximum Gasteiger partial charge on any atom is 0.352 e. The number of aromatic hydroxyl groups is 2. The average Bonchev–Trinajstić information content (AvgIpc) is 3.74. The highest BCUT2D eigenvalue weighted by Gasteiger charge is 2.54. The molecule has 1 aromatic carbocycles. The highest BCUT2D eigenvalue weighted by molar-refractivity contribution is 8.01. The number of carboxylic acids is 3. The number of carbonyl (C=O) groups excluding carboxylic acids is 2. The second-order valence-corrected chi connectivity index (χ2v) is 13.6. The summed E-state index contributed by atoms with van der Waals surface area (Å²) in [6.07, 6.45) is 0.877. The molecule has 2 atom stereocenters. The van der Waals surface area contributed by atoms with E-state index in [1.807, 2.05) is 0 Å². The Bertz CT molecular complexity index is 2180. The van der Waals surface area contributed by atoms with Crippen LogP contribution in [0.2, 0.25) is 0 Å². The third-order valence-electron chi connectivity index (χ3n) is 7.37. The number of aromatic nitrogens is 5. The summed E-state index contributed by atoms with van der Waals surface area (Å²) in [5.41, 5.74) is 4.85. The summed E-state index contributed by atoms with van der Waals surface area (Å²) in [6, 6.07) is 2.35. The van der Waals surface area contributed by atoms with Crippen molar-refractivity contribution in [1.82, 2.24) is 34.8 Å². The van der Waals surface area contributed by atoms with Gasteiger partial charge in [-0.05, 0) is 23.8 Å². The largest absolute Gasteiger partial charge is 0.504 e. The second-order valence-electron chi connectivity index (χ2n) is 10.6. The molecular formula is C28H23N9O11S3. The Balaban J connectivity index is 1.19. The van der Waals surface area contributed by atoms with Crippen molar-refractivity contribution in [2.45, 2.75) is 29.5 Å². The van der Waals surface area contributed by atoms with Gasteiger partial charge in [-0.25, -0.2) is 19.6 Å². The van der Waals surface area contributed by atoms with Crippen LogP contribution in [0.1, 0.15) is 27.3 Å². The Morgan fingerprint density at radius 2 is 1.92 bits per heavy atom. The number of oxime groups is 1. The molecule has 5 heterocycles. The number of hydrogen-bond donors (Lipinski definition) is 7. The molecule has 0 unspecified atom stereocenters. The van der Waals surface area contributed by atoms with Gasteiger partial charge in [-0.3, -0.25) is 19.3 Å². The van der Waals surface area contributed by atoms with E-state index < -0.39 is 70.5 Å². The number of anilines is 1. The Kier molecular flexibility index (Phi) is 9.67. The Morgan fingerprint density at radius 3 is 2.61 bits per heavy atom. The predicted molar refractivity (Wildman–Crippen MR) is 177 cm³/mol. The van der Waals surface area contributed by atoms with Crippen LogP contribution in [-0.4, -0.2) is 113 Å². The van der Waals surface area contributed by atoms with Gasteiger partial charge in [0.2, 0.25) is 0 Å². The Hall–Kier alpha value is -5.94. The number of nitrogens with zero attached hydrogens (tertiary/aromatic N) is 7. The van der Waals surface area contributed by atoms with Gasteiger partial charge in [-0.1, -0.05) is 5.16 Å². The number of carboxylic acid groups (broad SMARTS) is 3. The number of aliphatic carboxylic acids is 2. The molecule has 2 aliphatic heterocycles. The molecule has 1 fully saturated rings. The second kappa shape index (κ2) is 14.1. The molecule has 0 saturated carbocycles. The third kappa shape index (κ3) is 6.93. The highest BCUT2D eigenvalue weighted by Crippen LogP contribution is 2.42. The number of nitrogen functional groups attached to an aromatic ring is 1. The molecule has 3 aromatic heterocycles. The first kappa shape index (κ1) is 34.9. The number of nitrogens with one attached hydrogen (secondary N) is 1. The van der Waals surface area contributed by atoms with Crippen molar-refractivity contribution in [3.05, 3.63) is 63.7 Å². The van der Waals surface area contributed by atoms with Crippen LogP contribution in [-0.2, 0) is 37.0 Å². The van der Waals surface area contributed by atoms with E-state index in [1.54, 1.807) is 0 Å². The lowest BCUT2D eigenvalue weighted by Gasteiger charge is -2.49. The number of rotatable bonds is 13. The number of β-lactam (4-membered cyclic amide) rings is 1. The zero-order valence-electron chi connectivity index (χ0n) is 25.5. The number of amides is 2. The fraction of sp³-hybridized carbons (Fsp3) is 0.214. The Morgan fingerprint density at radius 1 is 1.14 bits per heavy atom. The van der Waals surface area contributed by atoms with Gasteiger partial charge in [0.15, 0.2) is 22.3 Å². The summed E-state index contributed by atoms with van der Waals surface area (Å²) in [6.45, 7) is -0.691. The maximum atomic E-state index is 13.5. The summed E-state index contributed by atoms with van der Waals surface area (Å²) >= 11 is 3.32. The molecule has 6 rings (SSSR count). The maximum absolute atomic E-state index is 13.5. The molecule has 0 aliphatic carbocycles. The first-order chi connectivity index (χ1) is 24.3. The molecule has 0 radical (unpaired) electrons. The van der Waals surface area contributed by atoms with E-state index in [9.17, 15) is 49.5 Å². The van der Waals surface area contributed by atoms with Crippen LogP contribution in [0, 0.1) is 0 Å². The van der Waals surface area contributed by atoms with Gasteiger partial charge in [0.1, 0.15) is 40.8 Å². The van der Waals surface area contributed by atoms with E-state index >= 15 is 0 Å². The summed E-state index contributed by atoms with van der Waals surface area (Å²) in [5, 5.41) is 60.3. The van der Waals surface area contributed by atoms with Crippen molar-refractivity contribution in [1.29, 1.82) is 0 Å². The van der Waals surface area contributed by atoms with Crippen molar-refractivity contribution in [2.75, 3.05) is 17.2 Å². The van der Waals surface area contributed by atoms with Gasteiger partial charge >= 0.3 is 17.9 Å². The summed E-state index contributed by atoms with van der Waals surface area (Å²) in [4.78, 5) is 80.7. The topological polar surface area (TPSA) is 305 Å². The van der Waals surface area contributed by atoms with Gasteiger partial charge in [-0.15, -0.1) is 34.9 Å². The number of benzene rings is 1. The number of phenolic OH excluding ortho intramolecular Hbond substituents is 2. The van der Waals surface area contributed by atoms with Gasteiger partial charge in [0.05, 0.1) is 23.2 Å². The number of phenols is 2. The third-order valence-corrected chi connectivity index (χ3v) is 10.5. The molecule has 20 nitrogen and oxygen atoms in total. The van der Waals surface area contributed by atoms with Crippen LogP contribution < -0.4 is 11.1 Å². The first-order valence-corrected chi connectivity index (χ1v) is 17.2. The SMILES string of the molecule is Nc1nc(/C(=N/OCc2c(C(=O)O)ccc(O)c2O)C(=O)N[C@@H]2C(=O)N3C(C(=O)O)=C(CSc4cc(CC(=O)O)nc5ncnn45)CS[C@H]23)cs1. The molecule has 8 N–H and O–H groups in total. The smallest absolute Gasteiger partial charge is 0.352 e. The van der Waals surface area contributed by atoms with Gasteiger partial charge in [0, 0.05) is 16.9 Å². The zero-order chi connectivity index (χ0) is 36.6. The monoisotopic (exact) mass is 757 g/mol. The number of fused-ring (bicyclic) bond motifs is 2. The van der Waals surface area contributed by atoms with E-state index in [1.165, 1.54) is 34.1 Å². The van der Waals surface area contributed by atoms with E-state index in [2.05, 4.69) is 30.5 Å². The number of nitrogens with two attached hydrogens (primary N) is 1. The Labute approximate surface area is 296 Å². The molecule has 23 heteroatoms. The fourth-order valence-corrected chi connectivity index (χ4v) is 8.13. The molecule has 1 saturated heterocycles. The highest BCUT2D eigenvalue weighted by atomic mass is 32.2. The van der Waals surface area contributed by atoms with Gasteiger partial charge < -0.3 is 41.4 Å². The van der Waals surface area contributed by atoms with Crippen LogP contribution in [0.15, 0.2) is 51.4 Å². The quantitative estimate of drug-likeness (QED) is 0.0242. The molecule has 51 heavy (non-hydrogen) atoms. The molecule has 4 aromatic rings. The van der Waals surface area contributed by atoms with Gasteiger partial charge in [0.25, 0.3) is 17.6 Å². The molecule has 2 aliphatic rings. The zero-order valence-corrected chi connectivity index (χ0v) is 27.9. The molecule has 2 amide bonds. The average molecular weight is 758 g/mol. The molecule has 0 bridgehead atoms. The number of hydrogen-bond acceptors (Lipinski definition) is 17. The predicted octanol–water partition coefficient (Wildman–Crippen LogP) is 0.351. The normalized spacial score (nSPS) is 17.2. The lowest BCUT2D eigenvalue weighted by atomic mass is 10.0. The minimum atomic E-state index is -1.43. The minimum absolute atomic E-state index is 0.0527. The van der Waals surface area contributed by atoms with E-state index in [4.69, 9.17) is 10.6 Å². The van der Waals surface area contributed by atoms with Crippen LogP contribution >= 0.6 is 34.9 Å².